The smallest absolute Gasteiger partial charge is 0.0823 e. The van der Waals surface area contributed by atoms with E-state index in [2.05, 4.69) is 23.0 Å². The van der Waals surface area contributed by atoms with E-state index in [0.29, 0.717) is 0 Å². The van der Waals surface area contributed by atoms with Gasteiger partial charge in [-0.2, -0.15) is 15.0 Å². The van der Waals surface area contributed by atoms with Crippen LogP contribution in [0.15, 0.2) is 17.3 Å². The maximum absolute atomic E-state index is 4.33. The molecule has 1 atom stereocenters. The maximum Gasteiger partial charge on any atom is 0.0823 e. The quantitative estimate of drug-likeness (QED) is 0.470. The molecule has 9 heavy (non-hydrogen) atoms. The lowest BCUT2D eigenvalue weighted by atomic mass is 10.7. The van der Waals surface area contributed by atoms with E-state index in [1.54, 1.807) is 6.20 Å². The van der Waals surface area contributed by atoms with E-state index in [9.17, 15) is 0 Å². The molecule has 0 fully saturated rings. The Morgan fingerprint density at radius 1 is 1.78 bits per heavy atom. The Hall–Kier alpha value is -0.0900. The van der Waals surface area contributed by atoms with Crippen molar-refractivity contribution in [3.05, 3.63) is 12.3 Å². The van der Waals surface area contributed by atoms with Crippen LogP contribution in [0.4, 0.5) is 0 Å². The Kier molecular flexibility index (Phi) is 2.08. The Morgan fingerprint density at radius 2 is 2.44 bits per heavy atom. The lowest BCUT2D eigenvalue weighted by Crippen LogP contribution is -1.91. The third kappa shape index (κ3) is 1.43. The fraction of sp³-hybridized carbons (Fsp3) is 0.400. The van der Waals surface area contributed by atoms with Crippen molar-refractivity contribution in [2.45, 2.75) is 5.03 Å². The topological polar surface area (TPSA) is 17.8 Å². The molecule has 0 saturated heterocycles. The van der Waals surface area contributed by atoms with Crippen LogP contribution in [0.3, 0.4) is 0 Å². The summed E-state index contributed by atoms with van der Waals surface area (Å²) < 4.78 is 1.86. The van der Waals surface area contributed by atoms with Gasteiger partial charge in [-0.05, 0) is 12.3 Å². The molecule has 0 radical (unpaired) electrons. The van der Waals surface area contributed by atoms with Gasteiger partial charge in [-0.3, -0.25) is 4.68 Å². The molecule has 0 aliphatic heterocycles. The molecule has 1 rings (SSSR count). The van der Waals surface area contributed by atoms with Crippen LogP contribution in [0.1, 0.15) is 0 Å². The first-order valence-electron chi connectivity index (χ1n) is 2.62. The van der Waals surface area contributed by atoms with Gasteiger partial charge in [0.15, 0.2) is 0 Å². The minimum Gasteiger partial charge on any atom is -0.263 e. The van der Waals surface area contributed by atoms with Crippen molar-refractivity contribution >= 4 is 21.6 Å². The second kappa shape index (κ2) is 2.66. The fourth-order valence-electron chi connectivity index (χ4n) is 0.684. The molecular formula is C5H10N2S2. The molecule has 0 aliphatic carbocycles. The van der Waals surface area contributed by atoms with Gasteiger partial charge in [0.1, 0.15) is 0 Å². The van der Waals surface area contributed by atoms with Crippen molar-refractivity contribution in [2.24, 2.45) is 7.05 Å². The Labute approximate surface area is 62.4 Å². The first-order chi connectivity index (χ1) is 4.22. The Morgan fingerprint density at radius 3 is 2.67 bits per heavy atom. The zero-order valence-electron chi connectivity index (χ0n) is 5.44. The third-order valence-electron chi connectivity index (χ3n) is 1.13. The predicted octanol–water partition coefficient (Wildman–Crippen LogP) is 1.25. The molecular weight excluding hydrogens is 152 g/mol. The molecule has 0 amide bonds. The molecule has 4 heteroatoms. The number of aromatic nitrogens is 2. The summed E-state index contributed by atoms with van der Waals surface area (Å²) in [6.45, 7) is 0. The van der Waals surface area contributed by atoms with Crippen LogP contribution in [0, 0.1) is 0 Å². The van der Waals surface area contributed by atoms with Crippen LogP contribution >= 0.6 is 21.6 Å². The van der Waals surface area contributed by atoms with Gasteiger partial charge >= 0.3 is 0 Å². The van der Waals surface area contributed by atoms with Crippen molar-refractivity contribution < 1.29 is 0 Å². The maximum atomic E-state index is 4.33. The second-order valence-electron chi connectivity index (χ2n) is 1.84. The Bertz CT molecular complexity index is 195. The molecule has 0 spiro atoms. The monoisotopic (exact) mass is 162 g/mol. The molecule has 1 unspecified atom stereocenters. The van der Waals surface area contributed by atoms with Gasteiger partial charge in [0.05, 0.1) is 11.2 Å². The predicted molar refractivity (Wildman–Crippen MR) is 45.4 cm³/mol. The van der Waals surface area contributed by atoms with Crippen molar-refractivity contribution in [1.82, 2.24) is 9.78 Å². The fourth-order valence-corrected chi connectivity index (χ4v) is 2.03. The molecule has 1 aromatic heterocycles. The summed E-state index contributed by atoms with van der Waals surface area (Å²) in [6, 6.07) is 2.00. The van der Waals surface area contributed by atoms with Crippen LogP contribution < -0.4 is 0 Å². The number of thiol groups is 2. The number of hydrogen-bond donors (Lipinski definition) is 2. The van der Waals surface area contributed by atoms with Crippen LogP contribution in [0.5, 0.6) is 0 Å². The van der Waals surface area contributed by atoms with Crippen molar-refractivity contribution in [2.75, 3.05) is 6.26 Å². The summed E-state index contributed by atoms with van der Waals surface area (Å²) >= 11 is 4.33. The highest BCUT2D eigenvalue weighted by molar-refractivity contribution is 8.77. The van der Waals surface area contributed by atoms with Crippen LogP contribution in [-0.2, 0) is 7.05 Å². The molecule has 0 N–H and O–H groups in total. The van der Waals surface area contributed by atoms with E-state index < -0.39 is 0 Å². The van der Waals surface area contributed by atoms with Crippen molar-refractivity contribution in [1.29, 1.82) is 0 Å². The summed E-state index contributed by atoms with van der Waals surface area (Å²) in [5, 5.41) is 5.24. The van der Waals surface area contributed by atoms with Gasteiger partial charge in [-0.25, -0.2) is 0 Å². The van der Waals surface area contributed by atoms with Crippen LogP contribution in [0.25, 0.3) is 0 Å². The average Bonchev–Trinajstić information content (AvgIpc) is 2.13. The summed E-state index contributed by atoms with van der Waals surface area (Å²) in [5.74, 6) is 0. The Balaban J connectivity index is 2.94. The molecule has 0 aliphatic rings. The standard InChI is InChI=1S/C5H10N2S2/c1-7-5(9(2)8)3-4-6-7/h3-4,8-9H,1-2H3. The third-order valence-corrected chi connectivity index (χ3v) is 2.84. The van der Waals surface area contributed by atoms with Gasteiger partial charge in [-0.15, -0.1) is 11.7 Å². The molecule has 0 aromatic carbocycles. The van der Waals surface area contributed by atoms with Crippen LogP contribution in [0.2, 0.25) is 0 Å². The number of hydrogen-bond acceptors (Lipinski definition) is 2. The van der Waals surface area contributed by atoms with Gasteiger partial charge in [0.2, 0.25) is 0 Å². The zero-order chi connectivity index (χ0) is 6.85. The van der Waals surface area contributed by atoms with E-state index in [1.807, 2.05) is 17.8 Å². The van der Waals surface area contributed by atoms with Crippen molar-refractivity contribution in [3.63, 3.8) is 0 Å². The van der Waals surface area contributed by atoms with E-state index in [0.717, 1.165) is 0 Å². The molecule has 0 saturated carbocycles. The number of aryl methyl sites for hydroxylation is 1. The molecule has 1 heterocycles. The second-order valence-corrected chi connectivity index (χ2v) is 5.14. The van der Waals surface area contributed by atoms with E-state index in [4.69, 9.17) is 0 Å². The van der Waals surface area contributed by atoms with E-state index in [-0.39, 0.29) is 9.93 Å². The SMILES string of the molecule is Cn1nccc1[SH](C)S. The summed E-state index contributed by atoms with van der Waals surface area (Å²) in [7, 11) is 1.65. The highest BCUT2D eigenvalue weighted by Crippen LogP contribution is 2.34. The lowest BCUT2D eigenvalue weighted by Gasteiger charge is -2.06. The van der Waals surface area contributed by atoms with Gasteiger partial charge < -0.3 is 0 Å². The van der Waals surface area contributed by atoms with Gasteiger partial charge in [0.25, 0.3) is 0 Å². The average molecular weight is 162 g/mol. The molecule has 2 nitrogen and oxygen atoms in total. The first kappa shape index (κ1) is 7.02. The minimum absolute atomic E-state index is 0.284. The van der Waals surface area contributed by atoms with E-state index in [1.165, 1.54) is 5.03 Å². The molecule has 52 valence electrons. The summed E-state index contributed by atoms with van der Waals surface area (Å²) in [6.07, 6.45) is 3.89. The van der Waals surface area contributed by atoms with Crippen molar-refractivity contribution in [3.8, 4) is 0 Å². The van der Waals surface area contributed by atoms with Crippen LogP contribution in [-0.4, -0.2) is 16.0 Å². The molecule has 0 bridgehead atoms. The largest absolute Gasteiger partial charge is 0.263 e. The van der Waals surface area contributed by atoms with Gasteiger partial charge in [-0.1, -0.05) is 0 Å². The minimum atomic E-state index is -0.284. The number of nitrogens with zero attached hydrogens (tertiary/aromatic N) is 2. The van der Waals surface area contributed by atoms with E-state index >= 15 is 0 Å². The zero-order valence-corrected chi connectivity index (χ0v) is 7.23. The highest BCUT2D eigenvalue weighted by atomic mass is 33.1. The number of rotatable bonds is 1. The summed E-state index contributed by atoms with van der Waals surface area (Å²) in [4.78, 5) is 0. The molecule has 1 aromatic rings. The normalized spacial score (nSPS) is 15.7. The van der Waals surface area contributed by atoms with Gasteiger partial charge in [0, 0.05) is 7.05 Å². The summed E-state index contributed by atoms with van der Waals surface area (Å²) in [5.41, 5.74) is 0. The lowest BCUT2D eigenvalue weighted by molar-refractivity contribution is 0.699. The highest BCUT2D eigenvalue weighted by Gasteiger charge is 1.98. The first-order valence-corrected chi connectivity index (χ1v) is 5.56.